The molecule has 6 heteroatoms. The highest BCUT2D eigenvalue weighted by Gasteiger charge is 2.20. The van der Waals surface area contributed by atoms with Crippen LogP contribution in [0.1, 0.15) is 30.6 Å². The van der Waals surface area contributed by atoms with Gasteiger partial charge in [0.1, 0.15) is 0 Å². The van der Waals surface area contributed by atoms with Gasteiger partial charge in [-0.25, -0.2) is 13.6 Å². The number of carbonyl (C=O) groups is 1. The van der Waals surface area contributed by atoms with Crippen LogP contribution in [-0.4, -0.2) is 42.7 Å². The summed E-state index contributed by atoms with van der Waals surface area (Å²) < 4.78 is 27.6. The van der Waals surface area contributed by atoms with Gasteiger partial charge in [0, 0.05) is 12.6 Å². The topological polar surface area (TPSA) is 52.6 Å². The molecule has 1 rings (SSSR count). The molecule has 0 heterocycles. The van der Waals surface area contributed by atoms with E-state index in [-0.39, 0.29) is 11.7 Å². The van der Waals surface area contributed by atoms with Crippen LogP contribution < -0.4 is 5.32 Å². The molecule has 0 aliphatic carbocycles. The lowest BCUT2D eigenvalue weighted by atomic mass is 10.0. The van der Waals surface area contributed by atoms with Gasteiger partial charge in [-0.1, -0.05) is 13.8 Å². The number of nitrogens with zero attached hydrogens (tertiary/aromatic N) is 1. The van der Waals surface area contributed by atoms with Crippen LogP contribution in [0.15, 0.2) is 12.1 Å². The minimum absolute atomic E-state index is 0.00926. The fourth-order valence-corrected chi connectivity index (χ4v) is 2.23. The Morgan fingerprint density at radius 2 is 1.90 bits per heavy atom. The fraction of sp³-hybridized carbons (Fsp3) is 0.533. The van der Waals surface area contributed by atoms with Crippen molar-refractivity contribution in [2.24, 2.45) is 5.92 Å². The lowest BCUT2D eigenvalue weighted by molar-refractivity contribution is 0.0690. The van der Waals surface area contributed by atoms with E-state index >= 15 is 0 Å². The van der Waals surface area contributed by atoms with Gasteiger partial charge in [0.25, 0.3) is 0 Å². The molecule has 0 amide bonds. The quantitative estimate of drug-likeness (QED) is 0.812. The van der Waals surface area contributed by atoms with Crippen LogP contribution in [-0.2, 0) is 0 Å². The third kappa shape index (κ3) is 4.97. The third-order valence-corrected chi connectivity index (χ3v) is 3.01. The maximum Gasteiger partial charge on any atom is 0.338 e. The molecule has 1 unspecified atom stereocenters. The number of benzene rings is 1. The van der Waals surface area contributed by atoms with Crippen molar-refractivity contribution in [2.75, 3.05) is 26.0 Å². The lowest BCUT2D eigenvalue weighted by Crippen LogP contribution is -2.34. The Hall–Kier alpha value is -1.69. The highest BCUT2D eigenvalue weighted by atomic mass is 19.2. The van der Waals surface area contributed by atoms with Crippen LogP contribution in [0.4, 0.5) is 14.5 Å². The molecule has 2 N–H and O–H groups in total. The summed E-state index contributed by atoms with van der Waals surface area (Å²) in [5.74, 6) is -3.57. The zero-order valence-electron chi connectivity index (χ0n) is 12.8. The molecule has 0 aromatic heterocycles. The van der Waals surface area contributed by atoms with Crippen molar-refractivity contribution in [3.63, 3.8) is 0 Å². The van der Waals surface area contributed by atoms with Crippen LogP contribution in [0.3, 0.4) is 0 Å². The molecule has 21 heavy (non-hydrogen) atoms. The summed E-state index contributed by atoms with van der Waals surface area (Å²) in [6.07, 6.45) is 0.792. The van der Waals surface area contributed by atoms with E-state index in [0.29, 0.717) is 12.5 Å². The first-order chi connectivity index (χ1) is 9.72. The van der Waals surface area contributed by atoms with Gasteiger partial charge in [0.15, 0.2) is 11.6 Å². The van der Waals surface area contributed by atoms with E-state index in [4.69, 9.17) is 5.11 Å². The van der Waals surface area contributed by atoms with Gasteiger partial charge in [-0.2, -0.15) is 0 Å². The van der Waals surface area contributed by atoms with Crippen molar-refractivity contribution in [1.29, 1.82) is 0 Å². The van der Waals surface area contributed by atoms with Crippen LogP contribution in [0.2, 0.25) is 0 Å². The predicted molar refractivity (Wildman–Crippen MR) is 78.7 cm³/mol. The molecular weight excluding hydrogens is 278 g/mol. The number of hydrogen-bond donors (Lipinski definition) is 2. The number of hydrogen-bond acceptors (Lipinski definition) is 3. The number of anilines is 1. The van der Waals surface area contributed by atoms with Gasteiger partial charge >= 0.3 is 5.97 Å². The standard InChI is InChI=1S/C15H22F2N2O2/c1-9(2)7-10(8-19(3)4)18-12-6-5-11(15(20)21)13(16)14(12)17/h5-6,9-10,18H,7-8H2,1-4H3,(H,20,21). The van der Waals surface area contributed by atoms with E-state index in [2.05, 4.69) is 19.2 Å². The molecular formula is C15H22F2N2O2. The Bertz CT molecular complexity index is 495. The molecule has 118 valence electrons. The first kappa shape index (κ1) is 17.4. The summed E-state index contributed by atoms with van der Waals surface area (Å²) in [5.41, 5.74) is -0.670. The summed E-state index contributed by atoms with van der Waals surface area (Å²) in [4.78, 5) is 12.7. The normalized spacial score (nSPS) is 12.8. The Morgan fingerprint density at radius 1 is 1.29 bits per heavy atom. The van der Waals surface area contributed by atoms with Gasteiger partial charge in [-0.05, 0) is 38.6 Å². The molecule has 0 saturated carbocycles. The molecule has 0 saturated heterocycles. The van der Waals surface area contributed by atoms with Crippen LogP contribution in [0.5, 0.6) is 0 Å². The van der Waals surface area contributed by atoms with Crippen molar-refractivity contribution in [1.82, 2.24) is 4.90 Å². The molecule has 0 aliphatic rings. The largest absolute Gasteiger partial charge is 0.478 e. The van der Waals surface area contributed by atoms with Gasteiger partial charge in [0.2, 0.25) is 0 Å². The van der Waals surface area contributed by atoms with Gasteiger partial charge in [-0.3, -0.25) is 0 Å². The second-order valence-electron chi connectivity index (χ2n) is 5.83. The van der Waals surface area contributed by atoms with Crippen molar-refractivity contribution in [3.05, 3.63) is 29.3 Å². The van der Waals surface area contributed by atoms with Gasteiger partial charge in [0.05, 0.1) is 11.3 Å². The van der Waals surface area contributed by atoms with Gasteiger partial charge < -0.3 is 15.3 Å². The molecule has 1 aromatic rings. The molecule has 0 aliphatic heterocycles. The average Bonchev–Trinajstić information content (AvgIpc) is 2.33. The van der Waals surface area contributed by atoms with Gasteiger partial charge in [-0.15, -0.1) is 0 Å². The number of carboxylic acid groups (broad SMARTS) is 1. The summed E-state index contributed by atoms with van der Waals surface area (Å²) in [6.45, 7) is 4.77. The first-order valence-electron chi connectivity index (χ1n) is 6.85. The maximum atomic E-state index is 13.9. The maximum absolute atomic E-state index is 13.9. The summed E-state index contributed by atoms with van der Waals surface area (Å²) >= 11 is 0. The van der Waals surface area contributed by atoms with Crippen molar-refractivity contribution < 1.29 is 18.7 Å². The van der Waals surface area contributed by atoms with Crippen LogP contribution in [0, 0.1) is 17.6 Å². The number of halogens is 2. The van der Waals surface area contributed by atoms with Crippen molar-refractivity contribution >= 4 is 11.7 Å². The summed E-state index contributed by atoms with van der Waals surface area (Å²) in [5, 5.41) is 11.7. The van der Waals surface area contributed by atoms with Crippen molar-refractivity contribution in [2.45, 2.75) is 26.3 Å². The molecule has 4 nitrogen and oxygen atoms in total. The molecule has 0 bridgehead atoms. The average molecular weight is 300 g/mol. The summed E-state index contributed by atoms with van der Waals surface area (Å²) in [7, 11) is 3.80. The number of aromatic carboxylic acids is 1. The van der Waals surface area contributed by atoms with Crippen LogP contribution in [0.25, 0.3) is 0 Å². The molecule has 0 fully saturated rings. The van der Waals surface area contributed by atoms with Crippen LogP contribution >= 0.6 is 0 Å². The number of nitrogens with one attached hydrogen (secondary N) is 1. The van der Waals surface area contributed by atoms with E-state index < -0.39 is 23.2 Å². The monoisotopic (exact) mass is 300 g/mol. The summed E-state index contributed by atoms with van der Waals surface area (Å²) in [6, 6.07) is 2.29. The number of carboxylic acids is 1. The number of rotatable bonds is 7. The third-order valence-electron chi connectivity index (χ3n) is 3.01. The van der Waals surface area contributed by atoms with E-state index in [1.807, 2.05) is 19.0 Å². The smallest absolute Gasteiger partial charge is 0.338 e. The second kappa shape index (κ2) is 7.36. The Balaban J connectivity index is 2.98. The minimum atomic E-state index is -1.48. The first-order valence-corrected chi connectivity index (χ1v) is 6.85. The zero-order valence-corrected chi connectivity index (χ0v) is 12.8. The Labute approximate surface area is 123 Å². The Morgan fingerprint density at radius 3 is 2.38 bits per heavy atom. The van der Waals surface area contributed by atoms with E-state index in [9.17, 15) is 13.6 Å². The van der Waals surface area contributed by atoms with E-state index in [0.717, 1.165) is 12.5 Å². The fourth-order valence-electron chi connectivity index (χ4n) is 2.23. The predicted octanol–water partition coefficient (Wildman–Crippen LogP) is 3.05. The highest BCUT2D eigenvalue weighted by Crippen LogP contribution is 2.22. The highest BCUT2D eigenvalue weighted by molar-refractivity contribution is 5.88. The minimum Gasteiger partial charge on any atom is -0.478 e. The van der Waals surface area contributed by atoms with E-state index in [1.54, 1.807) is 0 Å². The van der Waals surface area contributed by atoms with E-state index in [1.165, 1.54) is 6.07 Å². The molecule has 0 radical (unpaired) electrons. The molecule has 1 atom stereocenters. The molecule has 0 spiro atoms. The number of likely N-dealkylation sites (N-methyl/N-ethyl adjacent to an activating group) is 1. The second-order valence-corrected chi connectivity index (χ2v) is 5.83. The Kier molecular flexibility index (Phi) is 6.08. The lowest BCUT2D eigenvalue weighted by Gasteiger charge is -2.25. The van der Waals surface area contributed by atoms with Crippen molar-refractivity contribution in [3.8, 4) is 0 Å². The molecule has 1 aromatic carbocycles. The SMILES string of the molecule is CC(C)CC(CN(C)C)Nc1ccc(C(=O)O)c(F)c1F. The zero-order chi connectivity index (χ0) is 16.2.